The molecule has 2 aromatic carbocycles. The SMILES string of the molecule is O=C(O)c1ccc([C@H]2CCCN(C(=O)c3cccc(-c4ncc[nH]4)c3)C2)cc1. The summed E-state index contributed by atoms with van der Waals surface area (Å²) in [6.45, 7) is 1.36. The van der Waals surface area contributed by atoms with Gasteiger partial charge in [0.05, 0.1) is 5.56 Å². The van der Waals surface area contributed by atoms with Crippen LogP contribution in [-0.4, -0.2) is 44.9 Å². The van der Waals surface area contributed by atoms with Crippen molar-refractivity contribution in [2.75, 3.05) is 13.1 Å². The quantitative estimate of drug-likeness (QED) is 0.726. The van der Waals surface area contributed by atoms with Crippen LogP contribution in [0, 0.1) is 0 Å². The Morgan fingerprint density at radius 1 is 1.11 bits per heavy atom. The van der Waals surface area contributed by atoms with E-state index in [-0.39, 0.29) is 17.4 Å². The maximum Gasteiger partial charge on any atom is 0.335 e. The number of amides is 1. The maximum atomic E-state index is 13.1. The lowest BCUT2D eigenvalue weighted by molar-refractivity contribution is 0.0693. The summed E-state index contributed by atoms with van der Waals surface area (Å²) in [5.41, 5.74) is 2.89. The molecule has 0 radical (unpaired) electrons. The van der Waals surface area contributed by atoms with Crippen LogP contribution in [0.4, 0.5) is 0 Å². The molecule has 0 aliphatic carbocycles. The average molecular weight is 375 g/mol. The van der Waals surface area contributed by atoms with Gasteiger partial charge in [0.2, 0.25) is 0 Å². The van der Waals surface area contributed by atoms with E-state index in [0.29, 0.717) is 12.1 Å². The first-order valence-corrected chi connectivity index (χ1v) is 9.34. The summed E-state index contributed by atoms with van der Waals surface area (Å²) in [4.78, 5) is 33.3. The number of nitrogens with one attached hydrogen (secondary N) is 1. The van der Waals surface area contributed by atoms with Crippen molar-refractivity contribution in [3.05, 3.63) is 77.6 Å². The number of hydrogen-bond acceptors (Lipinski definition) is 3. The lowest BCUT2D eigenvalue weighted by Crippen LogP contribution is -2.39. The smallest absolute Gasteiger partial charge is 0.335 e. The number of rotatable bonds is 4. The molecule has 1 aliphatic rings. The van der Waals surface area contributed by atoms with Gasteiger partial charge in [-0.15, -0.1) is 0 Å². The van der Waals surface area contributed by atoms with Crippen LogP contribution in [0.25, 0.3) is 11.4 Å². The van der Waals surface area contributed by atoms with E-state index in [1.54, 1.807) is 24.5 Å². The number of aromatic nitrogens is 2. The Labute approximate surface area is 162 Å². The fourth-order valence-electron chi connectivity index (χ4n) is 3.74. The predicted molar refractivity (Wildman–Crippen MR) is 105 cm³/mol. The highest BCUT2D eigenvalue weighted by molar-refractivity contribution is 5.95. The zero-order valence-corrected chi connectivity index (χ0v) is 15.3. The van der Waals surface area contributed by atoms with Crippen molar-refractivity contribution in [3.63, 3.8) is 0 Å². The molecule has 3 aromatic rings. The van der Waals surface area contributed by atoms with Gasteiger partial charge in [0.25, 0.3) is 5.91 Å². The molecule has 4 rings (SSSR count). The van der Waals surface area contributed by atoms with Crippen molar-refractivity contribution in [1.29, 1.82) is 0 Å². The van der Waals surface area contributed by atoms with Crippen molar-refractivity contribution >= 4 is 11.9 Å². The normalized spacial score (nSPS) is 16.7. The van der Waals surface area contributed by atoms with Crippen LogP contribution in [0.15, 0.2) is 60.9 Å². The number of imidazole rings is 1. The summed E-state index contributed by atoms with van der Waals surface area (Å²) in [6, 6.07) is 14.5. The summed E-state index contributed by atoms with van der Waals surface area (Å²) in [6.07, 6.45) is 5.36. The molecule has 1 fully saturated rings. The molecule has 1 aliphatic heterocycles. The predicted octanol–water partition coefficient (Wildman–Crippen LogP) is 3.79. The highest BCUT2D eigenvalue weighted by Crippen LogP contribution is 2.28. The number of carboxylic acid groups (broad SMARTS) is 1. The van der Waals surface area contributed by atoms with Gasteiger partial charge in [0.15, 0.2) is 0 Å². The second-order valence-corrected chi connectivity index (χ2v) is 7.04. The molecule has 28 heavy (non-hydrogen) atoms. The van der Waals surface area contributed by atoms with Crippen molar-refractivity contribution in [3.8, 4) is 11.4 Å². The van der Waals surface area contributed by atoms with Crippen LogP contribution >= 0.6 is 0 Å². The number of carbonyl (C=O) groups excluding carboxylic acids is 1. The topological polar surface area (TPSA) is 86.3 Å². The third-order valence-electron chi connectivity index (χ3n) is 5.22. The summed E-state index contributed by atoms with van der Waals surface area (Å²) < 4.78 is 0. The van der Waals surface area contributed by atoms with E-state index in [9.17, 15) is 9.59 Å². The fourth-order valence-corrected chi connectivity index (χ4v) is 3.74. The van der Waals surface area contributed by atoms with E-state index in [1.165, 1.54) is 0 Å². The van der Waals surface area contributed by atoms with E-state index in [4.69, 9.17) is 5.11 Å². The van der Waals surface area contributed by atoms with Gasteiger partial charge in [0.1, 0.15) is 5.82 Å². The van der Waals surface area contributed by atoms with E-state index in [0.717, 1.165) is 36.3 Å². The van der Waals surface area contributed by atoms with Gasteiger partial charge in [-0.2, -0.15) is 0 Å². The largest absolute Gasteiger partial charge is 0.478 e. The Bertz CT molecular complexity index is 981. The molecule has 0 bridgehead atoms. The zero-order chi connectivity index (χ0) is 19.5. The molecule has 2 heterocycles. The highest BCUT2D eigenvalue weighted by Gasteiger charge is 2.26. The maximum absolute atomic E-state index is 13.1. The highest BCUT2D eigenvalue weighted by atomic mass is 16.4. The molecule has 1 atom stereocenters. The molecule has 1 aromatic heterocycles. The van der Waals surface area contributed by atoms with Gasteiger partial charge < -0.3 is 15.0 Å². The molecular formula is C22H21N3O3. The van der Waals surface area contributed by atoms with Gasteiger partial charge in [-0.25, -0.2) is 9.78 Å². The number of carbonyl (C=O) groups is 2. The first-order valence-electron chi connectivity index (χ1n) is 9.34. The second kappa shape index (κ2) is 7.68. The summed E-state index contributed by atoms with van der Waals surface area (Å²) in [5, 5.41) is 9.06. The minimum atomic E-state index is -0.927. The van der Waals surface area contributed by atoms with E-state index in [2.05, 4.69) is 9.97 Å². The summed E-state index contributed by atoms with van der Waals surface area (Å²) in [5.74, 6) is 0.0437. The molecule has 142 valence electrons. The number of H-pyrrole nitrogens is 1. The molecule has 6 heteroatoms. The fraction of sp³-hybridized carbons (Fsp3) is 0.227. The van der Waals surface area contributed by atoms with Gasteiger partial charge in [-0.3, -0.25) is 4.79 Å². The molecule has 1 saturated heterocycles. The molecule has 6 nitrogen and oxygen atoms in total. The van der Waals surface area contributed by atoms with Gasteiger partial charge in [0, 0.05) is 42.5 Å². The third-order valence-corrected chi connectivity index (χ3v) is 5.22. The number of likely N-dealkylation sites (tertiary alicyclic amines) is 1. The van der Waals surface area contributed by atoms with Crippen molar-refractivity contribution < 1.29 is 14.7 Å². The third kappa shape index (κ3) is 3.67. The van der Waals surface area contributed by atoms with Crippen molar-refractivity contribution in [1.82, 2.24) is 14.9 Å². The molecule has 1 amide bonds. The number of benzene rings is 2. The standard InChI is InChI=1S/C22H21N3O3/c26-21(18-4-1-3-17(13-18)20-23-10-11-24-20)25-12-2-5-19(14-25)15-6-8-16(9-7-15)22(27)28/h1,3-4,6-11,13,19H,2,5,12,14H2,(H,23,24)(H,27,28)/t19-/m0/s1. The number of hydrogen-bond donors (Lipinski definition) is 2. The van der Waals surface area contributed by atoms with Crippen LogP contribution < -0.4 is 0 Å². The molecule has 0 unspecified atom stereocenters. The molecule has 0 saturated carbocycles. The van der Waals surface area contributed by atoms with Gasteiger partial charge in [-0.1, -0.05) is 24.3 Å². The first-order chi connectivity index (χ1) is 13.6. The summed E-state index contributed by atoms with van der Waals surface area (Å²) in [7, 11) is 0. The Kier molecular flexibility index (Phi) is 4.93. The number of piperidine rings is 1. The van der Waals surface area contributed by atoms with E-state index < -0.39 is 5.97 Å². The van der Waals surface area contributed by atoms with Crippen LogP contribution in [-0.2, 0) is 0 Å². The van der Waals surface area contributed by atoms with Gasteiger partial charge >= 0.3 is 5.97 Å². The number of carboxylic acids is 1. The zero-order valence-electron chi connectivity index (χ0n) is 15.3. The Balaban J connectivity index is 1.50. The average Bonchev–Trinajstić information content (AvgIpc) is 3.28. The minimum Gasteiger partial charge on any atom is -0.478 e. The number of aromatic amines is 1. The molecule has 2 N–H and O–H groups in total. The number of aromatic carboxylic acids is 1. The monoisotopic (exact) mass is 375 g/mol. The van der Waals surface area contributed by atoms with E-state index in [1.807, 2.05) is 41.3 Å². The Morgan fingerprint density at radius 2 is 1.93 bits per heavy atom. The Morgan fingerprint density at radius 3 is 2.64 bits per heavy atom. The Hall–Kier alpha value is -3.41. The van der Waals surface area contributed by atoms with Crippen LogP contribution in [0.5, 0.6) is 0 Å². The summed E-state index contributed by atoms with van der Waals surface area (Å²) >= 11 is 0. The second-order valence-electron chi connectivity index (χ2n) is 7.04. The van der Waals surface area contributed by atoms with E-state index >= 15 is 0 Å². The lowest BCUT2D eigenvalue weighted by Gasteiger charge is -2.33. The number of nitrogens with zero attached hydrogens (tertiary/aromatic N) is 2. The first kappa shape index (κ1) is 18.0. The van der Waals surface area contributed by atoms with Crippen molar-refractivity contribution in [2.45, 2.75) is 18.8 Å². The van der Waals surface area contributed by atoms with Crippen LogP contribution in [0.3, 0.4) is 0 Å². The molecular weight excluding hydrogens is 354 g/mol. The van der Waals surface area contributed by atoms with Crippen LogP contribution in [0.2, 0.25) is 0 Å². The van der Waals surface area contributed by atoms with Crippen molar-refractivity contribution in [2.24, 2.45) is 0 Å². The molecule has 0 spiro atoms. The minimum absolute atomic E-state index is 0.0141. The van der Waals surface area contributed by atoms with Gasteiger partial charge in [-0.05, 0) is 42.7 Å². The van der Waals surface area contributed by atoms with Crippen LogP contribution in [0.1, 0.15) is 45.0 Å². The lowest BCUT2D eigenvalue weighted by atomic mass is 9.89.